The number of piperidine rings is 1. The number of hydrogen-bond acceptors (Lipinski definition) is 5. The predicted molar refractivity (Wildman–Crippen MR) is 83.5 cm³/mol. The molecule has 3 aliphatic rings. The second kappa shape index (κ2) is 5.83. The molecule has 1 aliphatic carbocycles. The Hall–Kier alpha value is -1.69. The fourth-order valence-electron chi connectivity index (χ4n) is 3.87. The minimum atomic E-state index is 0.106. The zero-order chi connectivity index (χ0) is 14.9. The lowest BCUT2D eigenvalue weighted by molar-refractivity contribution is -0.124. The minimum absolute atomic E-state index is 0.106. The van der Waals surface area contributed by atoms with E-state index < -0.39 is 0 Å². The van der Waals surface area contributed by atoms with Gasteiger partial charge in [-0.2, -0.15) is 0 Å². The van der Waals surface area contributed by atoms with Crippen LogP contribution in [0.25, 0.3) is 0 Å². The van der Waals surface area contributed by atoms with Crippen molar-refractivity contribution in [3.63, 3.8) is 0 Å². The van der Waals surface area contributed by atoms with Gasteiger partial charge in [-0.3, -0.25) is 9.69 Å². The first-order valence-corrected chi connectivity index (χ1v) is 8.39. The molecule has 1 atom stereocenters. The van der Waals surface area contributed by atoms with Gasteiger partial charge in [0.15, 0.2) is 0 Å². The minimum Gasteiger partial charge on any atom is -0.355 e. The van der Waals surface area contributed by atoms with Gasteiger partial charge in [0, 0.05) is 37.9 Å². The van der Waals surface area contributed by atoms with Gasteiger partial charge in [0.05, 0.1) is 6.04 Å². The number of nitrogens with zero attached hydrogens (tertiary/aromatic N) is 4. The normalized spacial score (nSPS) is 26.9. The number of anilines is 1. The van der Waals surface area contributed by atoms with Crippen molar-refractivity contribution >= 4 is 11.7 Å². The maximum atomic E-state index is 11.8. The zero-order valence-electron chi connectivity index (χ0n) is 12.8. The van der Waals surface area contributed by atoms with E-state index in [4.69, 9.17) is 0 Å². The van der Waals surface area contributed by atoms with Crippen LogP contribution in [-0.4, -0.2) is 58.5 Å². The van der Waals surface area contributed by atoms with Crippen LogP contribution in [0, 0.1) is 0 Å². The molecule has 6 heteroatoms. The lowest BCUT2D eigenvalue weighted by atomic mass is 10.0. The molecule has 3 fully saturated rings. The fourth-order valence-corrected chi connectivity index (χ4v) is 3.87. The molecular weight excluding hydrogens is 278 g/mol. The molecule has 2 saturated heterocycles. The number of carbonyl (C=O) groups is 1. The van der Waals surface area contributed by atoms with Gasteiger partial charge in [-0.15, -0.1) is 0 Å². The van der Waals surface area contributed by atoms with Crippen LogP contribution in [0.2, 0.25) is 0 Å². The molecule has 1 N–H and O–H groups in total. The van der Waals surface area contributed by atoms with E-state index in [1.165, 1.54) is 12.8 Å². The predicted octanol–water partition coefficient (Wildman–Crippen LogP) is 0.798. The van der Waals surface area contributed by atoms with Crippen molar-refractivity contribution in [3.8, 4) is 0 Å². The highest BCUT2D eigenvalue weighted by atomic mass is 16.2. The topological polar surface area (TPSA) is 61.4 Å². The molecule has 22 heavy (non-hydrogen) atoms. The maximum absolute atomic E-state index is 11.8. The molecular formula is C16H23N5O. The number of rotatable bonds is 4. The standard InChI is InChI=1S/C16H23N5O/c22-16-14(3-8-18-16)20-9-5-13(6-10-20)21(12-1-2-12)15-4-7-17-11-19-15/h4,7,11-14H,1-3,5-6,8-10H2,(H,18,22). The van der Waals surface area contributed by atoms with Gasteiger partial charge in [0.2, 0.25) is 5.91 Å². The number of amides is 1. The molecule has 2 aliphatic heterocycles. The summed E-state index contributed by atoms with van der Waals surface area (Å²) in [5.74, 6) is 1.28. The number of hydrogen-bond donors (Lipinski definition) is 1. The quantitative estimate of drug-likeness (QED) is 0.891. The summed E-state index contributed by atoms with van der Waals surface area (Å²) in [5.41, 5.74) is 0. The Morgan fingerprint density at radius 3 is 2.50 bits per heavy atom. The van der Waals surface area contributed by atoms with Crippen LogP contribution in [0.4, 0.5) is 5.82 Å². The van der Waals surface area contributed by atoms with Gasteiger partial charge in [-0.1, -0.05) is 0 Å². The highest BCUT2D eigenvalue weighted by Crippen LogP contribution is 2.35. The molecule has 0 bridgehead atoms. The van der Waals surface area contributed by atoms with Crippen molar-refractivity contribution in [2.75, 3.05) is 24.5 Å². The second-order valence-corrected chi connectivity index (χ2v) is 6.57. The molecule has 0 spiro atoms. The zero-order valence-corrected chi connectivity index (χ0v) is 12.8. The Labute approximate surface area is 130 Å². The van der Waals surface area contributed by atoms with Crippen molar-refractivity contribution in [2.45, 2.75) is 50.2 Å². The molecule has 4 rings (SSSR count). The summed E-state index contributed by atoms with van der Waals surface area (Å²) in [6.07, 6.45) is 9.21. The Balaban J connectivity index is 1.42. The van der Waals surface area contributed by atoms with Crippen LogP contribution in [0.1, 0.15) is 32.1 Å². The highest BCUT2D eigenvalue weighted by Gasteiger charge is 2.38. The number of aromatic nitrogens is 2. The monoisotopic (exact) mass is 301 g/mol. The molecule has 1 saturated carbocycles. The summed E-state index contributed by atoms with van der Waals surface area (Å²) in [7, 11) is 0. The summed E-state index contributed by atoms with van der Waals surface area (Å²) in [6, 6.07) is 3.33. The summed E-state index contributed by atoms with van der Waals surface area (Å²) in [5, 5.41) is 2.95. The molecule has 1 unspecified atom stereocenters. The van der Waals surface area contributed by atoms with Crippen molar-refractivity contribution in [3.05, 3.63) is 18.6 Å². The molecule has 3 heterocycles. The first kappa shape index (κ1) is 13.9. The van der Waals surface area contributed by atoms with E-state index in [-0.39, 0.29) is 11.9 Å². The van der Waals surface area contributed by atoms with Gasteiger partial charge in [0.1, 0.15) is 12.1 Å². The van der Waals surface area contributed by atoms with Crippen molar-refractivity contribution in [2.24, 2.45) is 0 Å². The summed E-state index contributed by atoms with van der Waals surface area (Å²) in [4.78, 5) is 25.2. The Bertz CT molecular complexity index is 525. The first-order chi connectivity index (χ1) is 10.8. The molecule has 0 radical (unpaired) electrons. The van der Waals surface area contributed by atoms with Crippen LogP contribution in [0.5, 0.6) is 0 Å². The van der Waals surface area contributed by atoms with Gasteiger partial charge in [-0.05, 0) is 38.2 Å². The second-order valence-electron chi connectivity index (χ2n) is 6.57. The highest BCUT2D eigenvalue weighted by molar-refractivity contribution is 5.83. The van der Waals surface area contributed by atoms with E-state index in [0.717, 1.165) is 44.7 Å². The van der Waals surface area contributed by atoms with Crippen LogP contribution < -0.4 is 10.2 Å². The lowest BCUT2D eigenvalue weighted by Gasteiger charge is -2.40. The van der Waals surface area contributed by atoms with E-state index in [1.54, 1.807) is 6.33 Å². The first-order valence-electron chi connectivity index (χ1n) is 8.39. The molecule has 1 aromatic heterocycles. The van der Waals surface area contributed by atoms with Gasteiger partial charge < -0.3 is 10.2 Å². The average Bonchev–Trinajstić information content (AvgIpc) is 3.30. The Morgan fingerprint density at radius 2 is 1.91 bits per heavy atom. The third-order valence-electron chi connectivity index (χ3n) is 5.12. The van der Waals surface area contributed by atoms with E-state index in [2.05, 4.69) is 25.1 Å². The van der Waals surface area contributed by atoms with E-state index in [9.17, 15) is 4.79 Å². The Morgan fingerprint density at radius 1 is 1.14 bits per heavy atom. The summed E-state index contributed by atoms with van der Waals surface area (Å²) in [6.45, 7) is 2.85. The Kier molecular flexibility index (Phi) is 3.70. The SMILES string of the molecule is O=C1NCCC1N1CCC(N(c2ccncn2)C2CC2)CC1. The fraction of sp³-hybridized carbons (Fsp3) is 0.688. The third kappa shape index (κ3) is 2.67. The smallest absolute Gasteiger partial charge is 0.237 e. The molecule has 118 valence electrons. The summed E-state index contributed by atoms with van der Waals surface area (Å²) >= 11 is 0. The van der Waals surface area contributed by atoms with Crippen molar-refractivity contribution in [1.82, 2.24) is 20.2 Å². The molecule has 6 nitrogen and oxygen atoms in total. The van der Waals surface area contributed by atoms with Crippen molar-refractivity contribution < 1.29 is 4.79 Å². The van der Waals surface area contributed by atoms with Crippen LogP contribution in [0.3, 0.4) is 0 Å². The van der Waals surface area contributed by atoms with Gasteiger partial charge >= 0.3 is 0 Å². The van der Waals surface area contributed by atoms with E-state index in [0.29, 0.717) is 12.1 Å². The molecule has 0 aromatic carbocycles. The lowest BCUT2D eigenvalue weighted by Crippen LogP contribution is -2.50. The average molecular weight is 301 g/mol. The maximum Gasteiger partial charge on any atom is 0.237 e. The molecule has 1 aromatic rings. The van der Waals surface area contributed by atoms with Crippen LogP contribution in [0.15, 0.2) is 18.6 Å². The number of nitrogens with one attached hydrogen (secondary N) is 1. The third-order valence-corrected chi connectivity index (χ3v) is 5.12. The van der Waals surface area contributed by atoms with Gasteiger partial charge in [0.25, 0.3) is 0 Å². The van der Waals surface area contributed by atoms with Crippen molar-refractivity contribution in [1.29, 1.82) is 0 Å². The van der Waals surface area contributed by atoms with E-state index >= 15 is 0 Å². The number of carbonyl (C=O) groups excluding carboxylic acids is 1. The largest absolute Gasteiger partial charge is 0.355 e. The molecule has 1 amide bonds. The number of likely N-dealkylation sites (tertiary alicyclic amines) is 1. The van der Waals surface area contributed by atoms with E-state index in [1.807, 2.05) is 12.3 Å². The van der Waals surface area contributed by atoms with Crippen LogP contribution >= 0.6 is 0 Å². The van der Waals surface area contributed by atoms with Gasteiger partial charge in [-0.25, -0.2) is 9.97 Å². The summed E-state index contributed by atoms with van der Waals surface area (Å²) < 4.78 is 0. The van der Waals surface area contributed by atoms with Crippen LogP contribution in [-0.2, 0) is 4.79 Å².